The topological polar surface area (TPSA) is 0 Å². The van der Waals surface area contributed by atoms with Crippen LogP contribution in [0.1, 0.15) is 5.56 Å². The largest absolute Gasteiger partial charge is 0.204 e. The summed E-state index contributed by atoms with van der Waals surface area (Å²) in [5.41, 5.74) is -0.0860. The molecule has 1 aromatic rings. The number of hydrogen-bond acceptors (Lipinski definition) is 0. The van der Waals surface area contributed by atoms with Crippen LogP contribution in [0.5, 0.6) is 0 Å². The zero-order chi connectivity index (χ0) is 11.4. The van der Waals surface area contributed by atoms with Gasteiger partial charge in [0.15, 0.2) is 17.5 Å². The van der Waals surface area contributed by atoms with Gasteiger partial charge in [-0.3, -0.25) is 0 Å². The lowest BCUT2D eigenvalue weighted by Gasteiger charge is -1.97. The van der Waals surface area contributed by atoms with E-state index in [0.717, 1.165) is 12.1 Å². The molecule has 0 saturated carbocycles. The molecule has 0 heterocycles. The zero-order valence-corrected chi connectivity index (χ0v) is 9.50. The van der Waals surface area contributed by atoms with Crippen LogP contribution in [0.2, 0.25) is 19.1 Å². The van der Waals surface area contributed by atoms with Crippen molar-refractivity contribution in [2.24, 2.45) is 0 Å². The van der Waals surface area contributed by atoms with E-state index >= 15 is 0 Å². The molecule has 0 atom stereocenters. The Bertz CT molecular complexity index is 416. The Morgan fingerprint density at radius 1 is 1.13 bits per heavy atom. The number of benzene rings is 1. The first-order chi connectivity index (χ1) is 7.02. The van der Waals surface area contributed by atoms with Crippen molar-refractivity contribution in [2.75, 3.05) is 0 Å². The minimum absolute atomic E-state index is 0.0860. The molecule has 0 spiro atoms. The second-order valence-electron chi connectivity index (χ2n) is 3.41. The lowest BCUT2D eigenvalue weighted by molar-refractivity contribution is 0.446. The van der Waals surface area contributed by atoms with Crippen molar-refractivity contribution < 1.29 is 13.2 Å². The highest BCUT2D eigenvalue weighted by Crippen LogP contribution is 2.14. The number of hydrogen-bond donors (Lipinski definition) is 0. The molecule has 0 amide bonds. The Morgan fingerprint density at radius 3 is 2.40 bits per heavy atom. The highest BCUT2D eigenvalue weighted by Gasteiger charge is 2.11. The molecule has 0 N–H and O–H groups in total. The summed E-state index contributed by atoms with van der Waals surface area (Å²) in [4.78, 5) is 0. The minimum Gasteiger partial charge on any atom is -0.204 e. The Morgan fingerprint density at radius 2 is 1.80 bits per heavy atom. The maximum Gasteiger partial charge on any atom is 0.195 e. The van der Waals surface area contributed by atoms with E-state index in [2.05, 4.69) is 24.9 Å². The van der Waals surface area contributed by atoms with E-state index in [1.807, 2.05) is 0 Å². The van der Waals surface area contributed by atoms with Gasteiger partial charge in [0, 0.05) is 6.04 Å². The van der Waals surface area contributed by atoms with Crippen molar-refractivity contribution >= 4 is 8.80 Å². The van der Waals surface area contributed by atoms with E-state index in [1.165, 1.54) is 0 Å². The van der Waals surface area contributed by atoms with E-state index in [9.17, 15) is 13.2 Å². The smallest absolute Gasteiger partial charge is 0.195 e. The summed E-state index contributed by atoms with van der Waals surface area (Å²) in [6, 6.07) is 2.73. The van der Waals surface area contributed by atoms with Crippen LogP contribution in [0.25, 0.3) is 0 Å². The molecule has 0 nitrogen and oxygen atoms in total. The summed E-state index contributed by atoms with van der Waals surface area (Å²) in [6.45, 7) is 4.14. The first kappa shape index (κ1) is 11.9. The number of halogens is 3. The lowest BCUT2D eigenvalue weighted by atomic mass is 10.2. The Balaban J connectivity index is 2.95. The van der Waals surface area contributed by atoms with Crippen LogP contribution in [-0.4, -0.2) is 8.80 Å². The summed E-state index contributed by atoms with van der Waals surface area (Å²) >= 11 is 0. The van der Waals surface area contributed by atoms with E-state index in [1.54, 1.807) is 0 Å². The fraction of sp³-hybridized carbons (Fsp3) is 0.273. The van der Waals surface area contributed by atoms with E-state index in [-0.39, 0.29) is 5.56 Å². The van der Waals surface area contributed by atoms with Gasteiger partial charge in [0.1, 0.15) is 0 Å². The molecule has 1 aromatic carbocycles. The van der Waals surface area contributed by atoms with Gasteiger partial charge in [-0.25, -0.2) is 13.2 Å². The number of rotatable bonds is 1. The van der Waals surface area contributed by atoms with Gasteiger partial charge in [-0.2, -0.15) is 0 Å². The van der Waals surface area contributed by atoms with Crippen LogP contribution in [0.4, 0.5) is 13.2 Å². The van der Waals surface area contributed by atoms with E-state index in [0.29, 0.717) is 6.04 Å². The molecule has 0 unspecified atom stereocenters. The summed E-state index contributed by atoms with van der Waals surface area (Å²) in [5.74, 6) is 1.41. The van der Waals surface area contributed by atoms with Crippen molar-refractivity contribution in [3.05, 3.63) is 35.1 Å². The zero-order valence-electron chi connectivity index (χ0n) is 8.50. The normalized spacial score (nSPS) is 10.0. The molecule has 0 aliphatic carbocycles. The molecule has 1 rings (SSSR count). The summed E-state index contributed by atoms with van der Waals surface area (Å²) in [7, 11) is -0.499. The maximum atomic E-state index is 13.1. The predicted octanol–water partition coefficient (Wildman–Crippen LogP) is 3.21. The van der Waals surface area contributed by atoms with Gasteiger partial charge < -0.3 is 0 Å². The van der Waals surface area contributed by atoms with Crippen LogP contribution in [0, 0.1) is 29.3 Å². The highest BCUT2D eigenvalue weighted by atomic mass is 28.3. The molecular formula is C11H10F3Si. The van der Waals surface area contributed by atoms with E-state index in [4.69, 9.17) is 0 Å². The average molecular weight is 227 g/mol. The van der Waals surface area contributed by atoms with Crippen LogP contribution in [0.3, 0.4) is 0 Å². The molecule has 0 aliphatic heterocycles. The third-order valence-electron chi connectivity index (χ3n) is 1.70. The third-order valence-corrected chi connectivity index (χ3v) is 2.58. The second-order valence-corrected chi connectivity index (χ2v) is 6.18. The predicted molar refractivity (Wildman–Crippen MR) is 55.5 cm³/mol. The molecule has 0 saturated heterocycles. The summed E-state index contributed by atoms with van der Waals surface area (Å²) < 4.78 is 38.4. The Kier molecular flexibility index (Phi) is 3.98. The van der Waals surface area contributed by atoms with Crippen LogP contribution < -0.4 is 0 Å². The molecule has 4 heteroatoms. The van der Waals surface area contributed by atoms with Gasteiger partial charge in [-0.05, 0) is 12.1 Å². The molecule has 15 heavy (non-hydrogen) atoms. The first-order valence-electron chi connectivity index (χ1n) is 4.43. The lowest BCUT2D eigenvalue weighted by Crippen LogP contribution is -1.96. The average Bonchev–Trinajstić information content (AvgIpc) is 2.18. The van der Waals surface area contributed by atoms with E-state index < -0.39 is 26.2 Å². The standard InChI is InChI=1S/C11H10F3Si/c1-15(2)7-3-4-8-5-6-9(12)11(14)10(8)13/h5-6H,7H2,1-2H3. The van der Waals surface area contributed by atoms with Gasteiger partial charge in [-0.15, -0.1) is 5.92 Å². The molecule has 0 bridgehead atoms. The van der Waals surface area contributed by atoms with Crippen LogP contribution in [0.15, 0.2) is 12.1 Å². The van der Waals surface area contributed by atoms with Gasteiger partial charge in [-0.1, -0.05) is 19.0 Å². The second kappa shape index (κ2) is 5.03. The van der Waals surface area contributed by atoms with Crippen LogP contribution in [-0.2, 0) is 0 Å². The summed E-state index contributed by atoms with van der Waals surface area (Å²) in [5, 5.41) is 0. The molecular weight excluding hydrogens is 217 g/mol. The quantitative estimate of drug-likeness (QED) is 0.392. The van der Waals surface area contributed by atoms with Crippen LogP contribution >= 0.6 is 0 Å². The Labute approximate surface area is 88.7 Å². The minimum atomic E-state index is -1.46. The molecule has 79 valence electrons. The molecule has 0 fully saturated rings. The van der Waals surface area contributed by atoms with Gasteiger partial charge in [0.25, 0.3) is 0 Å². The third kappa shape index (κ3) is 3.13. The highest BCUT2D eigenvalue weighted by molar-refractivity contribution is 6.56. The molecule has 0 aliphatic rings. The van der Waals surface area contributed by atoms with Crippen molar-refractivity contribution in [3.63, 3.8) is 0 Å². The molecule has 1 radical (unpaired) electrons. The molecule has 0 aromatic heterocycles. The summed E-state index contributed by atoms with van der Waals surface area (Å²) in [6.07, 6.45) is 0. The van der Waals surface area contributed by atoms with Crippen molar-refractivity contribution in [1.29, 1.82) is 0 Å². The van der Waals surface area contributed by atoms with Gasteiger partial charge in [0.2, 0.25) is 0 Å². The fourth-order valence-corrected chi connectivity index (χ4v) is 1.38. The SMILES string of the molecule is C[Si](C)CC#Cc1ccc(F)c(F)c1F. The maximum absolute atomic E-state index is 13.1. The van der Waals surface area contributed by atoms with Crippen molar-refractivity contribution in [2.45, 2.75) is 19.1 Å². The van der Waals surface area contributed by atoms with Gasteiger partial charge >= 0.3 is 0 Å². The van der Waals surface area contributed by atoms with Crippen molar-refractivity contribution in [3.8, 4) is 11.8 Å². The van der Waals surface area contributed by atoms with Crippen molar-refractivity contribution in [1.82, 2.24) is 0 Å². The Hall–Kier alpha value is -1.21. The van der Waals surface area contributed by atoms with Gasteiger partial charge in [0.05, 0.1) is 14.4 Å². The fourth-order valence-electron chi connectivity index (χ4n) is 0.939. The first-order valence-corrected chi connectivity index (χ1v) is 7.14. The monoisotopic (exact) mass is 227 g/mol.